The summed E-state index contributed by atoms with van der Waals surface area (Å²) in [5.74, 6) is 0.770. The van der Waals surface area contributed by atoms with Gasteiger partial charge < -0.3 is 5.32 Å². The van der Waals surface area contributed by atoms with Crippen LogP contribution in [0.5, 0.6) is 0 Å². The van der Waals surface area contributed by atoms with Crippen LogP contribution in [0.4, 0.5) is 5.69 Å². The Kier molecular flexibility index (Phi) is 4.08. The van der Waals surface area contributed by atoms with Crippen molar-refractivity contribution < 1.29 is 4.79 Å². The maximum absolute atomic E-state index is 12.1. The molecule has 0 saturated heterocycles. The highest BCUT2D eigenvalue weighted by atomic mass is 32.1. The molecule has 1 N–H and O–H groups in total. The number of hydrogen-bond donors (Lipinski definition) is 1. The van der Waals surface area contributed by atoms with Crippen molar-refractivity contribution in [2.75, 3.05) is 5.32 Å². The van der Waals surface area contributed by atoms with E-state index in [-0.39, 0.29) is 5.91 Å². The quantitative estimate of drug-likeness (QED) is 0.748. The van der Waals surface area contributed by atoms with Gasteiger partial charge in [-0.1, -0.05) is 12.1 Å². The van der Waals surface area contributed by atoms with Gasteiger partial charge in [0.15, 0.2) is 5.82 Å². The van der Waals surface area contributed by atoms with Crippen molar-refractivity contribution in [2.45, 2.75) is 31.7 Å². The molecule has 24 heavy (non-hydrogen) atoms. The van der Waals surface area contributed by atoms with Crippen LogP contribution < -0.4 is 5.32 Å². The van der Waals surface area contributed by atoms with Crippen LogP contribution in [0.3, 0.4) is 0 Å². The van der Waals surface area contributed by atoms with Gasteiger partial charge >= 0.3 is 0 Å². The number of tetrazole rings is 1. The summed E-state index contributed by atoms with van der Waals surface area (Å²) in [5.41, 5.74) is 2.89. The number of aromatic nitrogens is 4. The molecule has 0 spiro atoms. The third-order valence-electron chi connectivity index (χ3n) is 4.01. The van der Waals surface area contributed by atoms with E-state index in [2.05, 4.69) is 32.3 Å². The largest absolute Gasteiger partial charge is 0.326 e. The van der Waals surface area contributed by atoms with Crippen LogP contribution in [0.15, 0.2) is 41.1 Å². The van der Waals surface area contributed by atoms with Crippen molar-refractivity contribution in [1.82, 2.24) is 20.2 Å². The van der Waals surface area contributed by atoms with E-state index in [1.165, 1.54) is 5.56 Å². The van der Waals surface area contributed by atoms with Crippen LogP contribution in [0, 0.1) is 0 Å². The van der Waals surface area contributed by atoms with E-state index in [4.69, 9.17) is 0 Å². The zero-order valence-corrected chi connectivity index (χ0v) is 13.9. The maximum atomic E-state index is 12.1. The topological polar surface area (TPSA) is 72.7 Å². The van der Waals surface area contributed by atoms with E-state index < -0.39 is 0 Å². The lowest BCUT2D eigenvalue weighted by Crippen LogP contribution is -2.12. The first-order valence-corrected chi connectivity index (χ1v) is 8.93. The average molecular weight is 339 g/mol. The second-order valence-corrected chi connectivity index (χ2v) is 6.72. The summed E-state index contributed by atoms with van der Waals surface area (Å²) < 4.78 is 1.87. The minimum Gasteiger partial charge on any atom is -0.326 e. The number of nitrogens with one attached hydrogen (secondary N) is 1. The first-order valence-electron chi connectivity index (χ1n) is 7.99. The lowest BCUT2D eigenvalue weighted by atomic mass is 10.1. The van der Waals surface area contributed by atoms with Gasteiger partial charge in [-0.3, -0.25) is 4.79 Å². The number of thiophene rings is 1. The molecule has 0 unspecified atom stereocenters. The monoisotopic (exact) mass is 339 g/mol. The maximum Gasteiger partial charge on any atom is 0.224 e. The number of aryl methyl sites for hydroxylation is 1. The molecule has 3 aromatic rings. The van der Waals surface area contributed by atoms with Gasteiger partial charge in [0.05, 0.1) is 6.04 Å². The normalized spacial score (nSPS) is 13.8. The van der Waals surface area contributed by atoms with E-state index in [9.17, 15) is 4.79 Å². The molecule has 1 amide bonds. The molecule has 6 nitrogen and oxygen atoms in total. The summed E-state index contributed by atoms with van der Waals surface area (Å²) in [4.78, 5) is 12.1. The molecule has 1 aliphatic rings. The van der Waals surface area contributed by atoms with E-state index in [1.807, 2.05) is 34.3 Å². The molecule has 2 aromatic heterocycles. The van der Waals surface area contributed by atoms with Gasteiger partial charge in [0.25, 0.3) is 0 Å². The number of carbonyl (C=O) groups is 1. The van der Waals surface area contributed by atoms with E-state index in [0.717, 1.165) is 36.3 Å². The van der Waals surface area contributed by atoms with Crippen LogP contribution in [0.2, 0.25) is 0 Å². The Bertz CT molecular complexity index is 838. The SMILES string of the molecule is O=C(CCc1ccsc1)Nc1cccc(-c2nnnn2C2CC2)c1. The number of anilines is 1. The number of rotatable bonds is 6. The van der Waals surface area contributed by atoms with Crippen LogP contribution in [0.1, 0.15) is 30.9 Å². The molecule has 0 radical (unpaired) electrons. The number of nitrogens with zero attached hydrogens (tertiary/aromatic N) is 4. The Hall–Kier alpha value is -2.54. The lowest BCUT2D eigenvalue weighted by Gasteiger charge is -2.07. The summed E-state index contributed by atoms with van der Waals surface area (Å²) in [7, 11) is 0. The van der Waals surface area contributed by atoms with Gasteiger partial charge in [-0.05, 0) is 64.2 Å². The smallest absolute Gasteiger partial charge is 0.224 e. The van der Waals surface area contributed by atoms with Gasteiger partial charge in [-0.2, -0.15) is 11.3 Å². The third-order valence-corrected chi connectivity index (χ3v) is 4.74. The standard InChI is InChI=1S/C17H17N5OS/c23-16(7-4-12-8-9-24-11-12)18-14-3-1-2-13(10-14)17-19-20-21-22(17)15-5-6-15/h1-3,8-11,15H,4-7H2,(H,18,23). The highest BCUT2D eigenvalue weighted by molar-refractivity contribution is 7.07. The summed E-state index contributed by atoms with van der Waals surface area (Å²) in [6, 6.07) is 10.2. The Morgan fingerprint density at radius 1 is 1.33 bits per heavy atom. The first kappa shape index (κ1) is 15.0. The zero-order valence-electron chi connectivity index (χ0n) is 13.1. The first-order chi connectivity index (χ1) is 11.8. The van der Waals surface area contributed by atoms with Crippen molar-refractivity contribution in [3.8, 4) is 11.4 Å². The molecule has 1 fully saturated rings. The van der Waals surface area contributed by atoms with Crippen LogP contribution in [-0.4, -0.2) is 26.1 Å². The van der Waals surface area contributed by atoms with Gasteiger partial charge in [0.2, 0.25) is 5.91 Å². The summed E-state index contributed by atoms with van der Waals surface area (Å²) >= 11 is 1.65. The lowest BCUT2D eigenvalue weighted by molar-refractivity contribution is -0.116. The number of amides is 1. The molecule has 2 heterocycles. The van der Waals surface area contributed by atoms with Crippen molar-refractivity contribution in [2.24, 2.45) is 0 Å². The molecule has 0 aliphatic heterocycles. The van der Waals surface area contributed by atoms with Gasteiger partial charge in [-0.15, -0.1) is 5.10 Å². The third kappa shape index (κ3) is 3.35. The van der Waals surface area contributed by atoms with Crippen LogP contribution in [-0.2, 0) is 11.2 Å². The second kappa shape index (κ2) is 6.52. The van der Waals surface area contributed by atoms with Gasteiger partial charge in [0, 0.05) is 17.7 Å². The Morgan fingerprint density at radius 3 is 3.04 bits per heavy atom. The fourth-order valence-corrected chi connectivity index (χ4v) is 3.30. The van der Waals surface area contributed by atoms with E-state index in [1.54, 1.807) is 11.3 Å². The van der Waals surface area contributed by atoms with Gasteiger partial charge in [-0.25, -0.2) is 4.68 Å². The molecule has 0 atom stereocenters. The summed E-state index contributed by atoms with van der Waals surface area (Å²) in [6.07, 6.45) is 3.48. The highest BCUT2D eigenvalue weighted by Crippen LogP contribution is 2.36. The van der Waals surface area contributed by atoms with Crippen molar-refractivity contribution >= 4 is 22.9 Å². The molecule has 0 bridgehead atoms. The number of hydrogen-bond acceptors (Lipinski definition) is 5. The molecule has 1 aliphatic carbocycles. The van der Waals surface area contributed by atoms with E-state index in [0.29, 0.717) is 12.5 Å². The minimum atomic E-state index is 0.0140. The molecule has 1 aromatic carbocycles. The average Bonchev–Trinajstić information content (AvgIpc) is 3.11. The number of carbonyl (C=O) groups excluding carboxylic acids is 1. The highest BCUT2D eigenvalue weighted by Gasteiger charge is 2.28. The molecular weight excluding hydrogens is 322 g/mol. The molecule has 4 rings (SSSR count). The second-order valence-electron chi connectivity index (χ2n) is 5.94. The zero-order chi connectivity index (χ0) is 16.4. The predicted octanol–water partition coefficient (Wildman–Crippen LogP) is 3.31. The molecular formula is C17H17N5OS. The van der Waals surface area contributed by atoms with Gasteiger partial charge in [0.1, 0.15) is 0 Å². The summed E-state index contributed by atoms with van der Waals surface area (Å²) in [6.45, 7) is 0. The van der Waals surface area contributed by atoms with Crippen LogP contribution >= 0.6 is 11.3 Å². The Morgan fingerprint density at radius 2 is 2.25 bits per heavy atom. The predicted molar refractivity (Wildman–Crippen MR) is 92.8 cm³/mol. The van der Waals surface area contributed by atoms with Crippen molar-refractivity contribution in [1.29, 1.82) is 0 Å². The fourth-order valence-electron chi connectivity index (χ4n) is 2.60. The van der Waals surface area contributed by atoms with Crippen LogP contribution in [0.25, 0.3) is 11.4 Å². The van der Waals surface area contributed by atoms with E-state index >= 15 is 0 Å². The molecule has 1 saturated carbocycles. The van der Waals surface area contributed by atoms with Crippen molar-refractivity contribution in [3.05, 3.63) is 46.7 Å². The Labute approximate surface area is 143 Å². The Balaban J connectivity index is 1.44. The summed E-state index contributed by atoms with van der Waals surface area (Å²) in [5, 5.41) is 19.0. The minimum absolute atomic E-state index is 0.0140. The fraction of sp³-hybridized carbons (Fsp3) is 0.294. The van der Waals surface area contributed by atoms with Crippen molar-refractivity contribution in [3.63, 3.8) is 0 Å². The number of benzene rings is 1. The molecule has 122 valence electrons. The molecule has 7 heteroatoms.